The second-order valence-corrected chi connectivity index (χ2v) is 5.05. The lowest BCUT2D eigenvalue weighted by atomic mass is 9.82. The van der Waals surface area contributed by atoms with Gasteiger partial charge in [-0.2, -0.15) is 5.10 Å². The van der Waals surface area contributed by atoms with Crippen LogP contribution in [0.4, 0.5) is 0 Å². The largest absolute Gasteiger partial charge is 0.271 e. The Labute approximate surface area is 106 Å². The number of nitrogens with one attached hydrogen (secondary N) is 1. The Balaban J connectivity index is 1.95. The first-order valence-electron chi connectivity index (χ1n) is 6.63. The Bertz CT molecular complexity index is 515. The van der Waals surface area contributed by atoms with Gasteiger partial charge in [-0.05, 0) is 18.8 Å². The molecule has 3 rings (SSSR count). The van der Waals surface area contributed by atoms with Crippen molar-refractivity contribution in [2.75, 3.05) is 0 Å². The number of nitrogens with zero attached hydrogens (tertiary/aromatic N) is 3. The van der Waals surface area contributed by atoms with E-state index in [1.54, 1.807) is 6.20 Å². The fraction of sp³-hybridized carbons (Fsp3) is 0.538. The van der Waals surface area contributed by atoms with Crippen LogP contribution in [0.1, 0.15) is 43.7 Å². The zero-order valence-corrected chi connectivity index (χ0v) is 10.4. The predicted molar refractivity (Wildman–Crippen MR) is 69.6 cm³/mol. The molecular weight excluding hydrogens is 226 g/mol. The van der Waals surface area contributed by atoms with Gasteiger partial charge in [-0.3, -0.25) is 16.3 Å². The van der Waals surface area contributed by atoms with E-state index in [0.29, 0.717) is 5.92 Å². The number of hydrogen-bond donors (Lipinski definition) is 2. The molecule has 5 heteroatoms. The molecule has 2 heterocycles. The molecule has 2 aromatic heterocycles. The van der Waals surface area contributed by atoms with Crippen LogP contribution in [0.5, 0.6) is 0 Å². The molecule has 0 aromatic carbocycles. The third-order valence-electron chi connectivity index (χ3n) is 3.99. The Hall–Kier alpha value is -1.46. The van der Waals surface area contributed by atoms with Gasteiger partial charge in [0.25, 0.3) is 0 Å². The molecule has 0 radical (unpaired) electrons. The predicted octanol–water partition coefficient (Wildman–Crippen LogP) is 1.81. The molecule has 1 aliphatic rings. The lowest BCUT2D eigenvalue weighted by Crippen LogP contribution is -2.34. The van der Waals surface area contributed by atoms with Gasteiger partial charge in [0.2, 0.25) is 0 Å². The number of nitrogens with two attached hydrogens (primary N) is 1. The zero-order valence-electron chi connectivity index (χ0n) is 10.4. The molecular formula is C13H19N5. The minimum absolute atomic E-state index is 0.187. The van der Waals surface area contributed by atoms with E-state index >= 15 is 0 Å². The van der Waals surface area contributed by atoms with Crippen molar-refractivity contribution in [3.05, 3.63) is 30.4 Å². The highest BCUT2D eigenvalue weighted by atomic mass is 15.3. The summed E-state index contributed by atoms with van der Waals surface area (Å²) in [5, 5.41) is 4.36. The molecule has 1 aliphatic carbocycles. The van der Waals surface area contributed by atoms with Crippen molar-refractivity contribution < 1.29 is 0 Å². The van der Waals surface area contributed by atoms with Crippen molar-refractivity contribution in [3.63, 3.8) is 0 Å². The van der Waals surface area contributed by atoms with Crippen LogP contribution in [0.15, 0.2) is 24.8 Å². The van der Waals surface area contributed by atoms with Gasteiger partial charge in [0, 0.05) is 18.0 Å². The van der Waals surface area contributed by atoms with Crippen molar-refractivity contribution in [3.8, 4) is 0 Å². The first-order valence-corrected chi connectivity index (χ1v) is 6.63. The highest BCUT2D eigenvalue weighted by Crippen LogP contribution is 2.35. The van der Waals surface area contributed by atoms with Crippen molar-refractivity contribution in [1.29, 1.82) is 0 Å². The highest BCUT2D eigenvalue weighted by molar-refractivity contribution is 5.53. The van der Waals surface area contributed by atoms with Crippen LogP contribution in [0, 0.1) is 5.92 Å². The van der Waals surface area contributed by atoms with E-state index in [-0.39, 0.29) is 6.04 Å². The van der Waals surface area contributed by atoms with Crippen LogP contribution in [-0.4, -0.2) is 14.6 Å². The van der Waals surface area contributed by atoms with Gasteiger partial charge in [0.05, 0.1) is 24.0 Å². The lowest BCUT2D eigenvalue weighted by molar-refractivity contribution is 0.274. The maximum atomic E-state index is 5.78. The molecule has 1 atom stereocenters. The minimum Gasteiger partial charge on any atom is -0.271 e. The molecule has 0 spiro atoms. The average molecular weight is 245 g/mol. The van der Waals surface area contributed by atoms with E-state index in [0.717, 1.165) is 11.1 Å². The normalized spacial score (nSPS) is 19.2. The van der Waals surface area contributed by atoms with Crippen molar-refractivity contribution in [1.82, 2.24) is 20.0 Å². The summed E-state index contributed by atoms with van der Waals surface area (Å²) < 4.78 is 1.86. The van der Waals surface area contributed by atoms with Crippen LogP contribution in [-0.2, 0) is 0 Å². The summed E-state index contributed by atoms with van der Waals surface area (Å²) in [5.74, 6) is 6.39. The maximum absolute atomic E-state index is 5.78. The summed E-state index contributed by atoms with van der Waals surface area (Å²) in [5.41, 5.74) is 5.20. The first-order chi connectivity index (χ1) is 8.90. The topological polar surface area (TPSA) is 68.2 Å². The molecule has 1 saturated carbocycles. The quantitative estimate of drug-likeness (QED) is 0.639. The summed E-state index contributed by atoms with van der Waals surface area (Å²) in [6.07, 6.45) is 13.8. The smallest absolute Gasteiger partial charge is 0.0893 e. The van der Waals surface area contributed by atoms with Crippen LogP contribution >= 0.6 is 0 Å². The van der Waals surface area contributed by atoms with E-state index in [9.17, 15) is 0 Å². The zero-order chi connectivity index (χ0) is 12.4. The fourth-order valence-corrected chi connectivity index (χ4v) is 3.04. The molecule has 3 N–H and O–H groups in total. The highest BCUT2D eigenvalue weighted by Gasteiger charge is 2.26. The molecule has 0 aliphatic heterocycles. The maximum Gasteiger partial charge on any atom is 0.0893 e. The van der Waals surface area contributed by atoms with E-state index in [1.165, 1.54) is 32.1 Å². The summed E-state index contributed by atoms with van der Waals surface area (Å²) in [4.78, 5) is 4.18. The Morgan fingerprint density at radius 3 is 2.89 bits per heavy atom. The molecule has 0 amide bonds. The van der Waals surface area contributed by atoms with Crippen LogP contribution in [0.25, 0.3) is 5.52 Å². The molecule has 5 nitrogen and oxygen atoms in total. The first kappa shape index (κ1) is 11.6. The third kappa shape index (κ3) is 2.00. The van der Waals surface area contributed by atoms with E-state index in [2.05, 4.69) is 15.5 Å². The number of fused-ring (bicyclic) bond motifs is 1. The molecule has 1 fully saturated rings. The summed E-state index contributed by atoms with van der Waals surface area (Å²) in [7, 11) is 0. The monoisotopic (exact) mass is 245 g/mol. The van der Waals surface area contributed by atoms with Crippen LogP contribution < -0.4 is 11.3 Å². The second kappa shape index (κ2) is 5.04. The van der Waals surface area contributed by atoms with E-state index in [1.807, 2.05) is 23.1 Å². The number of hydrogen-bond acceptors (Lipinski definition) is 4. The van der Waals surface area contributed by atoms with Gasteiger partial charge in [-0.1, -0.05) is 19.3 Å². The van der Waals surface area contributed by atoms with Crippen LogP contribution in [0.2, 0.25) is 0 Å². The van der Waals surface area contributed by atoms with Gasteiger partial charge < -0.3 is 0 Å². The number of hydrazine groups is 1. The van der Waals surface area contributed by atoms with Crippen molar-refractivity contribution in [2.24, 2.45) is 11.8 Å². The standard InChI is InChI=1S/C13H19N5/c14-17-13(10-4-2-1-3-5-10)11-8-16-18-7-6-15-9-12(11)18/h6-10,13,17H,1-5,14H2. The van der Waals surface area contributed by atoms with Crippen molar-refractivity contribution in [2.45, 2.75) is 38.1 Å². The average Bonchev–Trinajstić information content (AvgIpc) is 2.85. The molecule has 1 unspecified atom stereocenters. The van der Waals surface area contributed by atoms with Gasteiger partial charge in [-0.25, -0.2) is 4.52 Å². The number of aromatic nitrogens is 3. The van der Waals surface area contributed by atoms with Gasteiger partial charge in [0.1, 0.15) is 0 Å². The van der Waals surface area contributed by atoms with Gasteiger partial charge >= 0.3 is 0 Å². The summed E-state index contributed by atoms with van der Waals surface area (Å²) in [6.45, 7) is 0. The Kier molecular flexibility index (Phi) is 3.25. The summed E-state index contributed by atoms with van der Waals surface area (Å²) >= 11 is 0. The summed E-state index contributed by atoms with van der Waals surface area (Å²) in [6, 6.07) is 0.187. The van der Waals surface area contributed by atoms with Gasteiger partial charge in [0.15, 0.2) is 0 Å². The number of rotatable bonds is 3. The second-order valence-electron chi connectivity index (χ2n) is 5.05. The van der Waals surface area contributed by atoms with E-state index in [4.69, 9.17) is 5.84 Å². The molecule has 96 valence electrons. The lowest BCUT2D eigenvalue weighted by Gasteiger charge is -2.29. The minimum atomic E-state index is 0.187. The van der Waals surface area contributed by atoms with E-state index < -0.39 is 0 Å². The third-order valence-corrected chi connectivity index (χ3v) is 3.99. The molecule has 18 heavy (non-hydrogen) atoms. The fourth-order valence-electron chi connectivity index (χ4n) is 3.04. The van der Waals surface area contributed by atoms with Gasteiger partial charge in [-0.15, -0.1) is 0 Å². The SMILES string of the molecule is NNC(c1cnn2ccncc12)C1CCCCC1. The Morgan fingerprint density at radius 2 is 2.11 bits per heavy atom. The molecule has 2 aromatic rings. The molecule has 0 bridgehead atoms. The molecule has 0 saturated heterocycles. The van der Waals surface area contributed by atoms with Crippen LogP contribution in [0.3, 0.4) is 0 Å². The Morgan fingerprint density at radius 1 is 1.28 bits per heavy atom. The van der Waals surface area contributed by atoms with Crippen molar-refractivity contribution >= 4 is 5.52 Å².